The van der Waals surface area contributed by atoms with Gasteiger partial charge >= 0.3 is 5.97 Å². The quantitative estimate of drug-likeness (QED) is 0.345. The average molecular weight is 531 g/mol. The lowest BCUT2D eigenvalue weighted by Gasteiger charge is -2.69. The summed E-state index contributed by atoms with van der Waals surface area (Å²) < 4.78 is 25.1. The van der Waals surface area contributed by atoms with Crippen LogP contribution < -0.4 is 0 Å². The molecule has 2 saturated carbocycles. The van der Waals surface area contributed by atoms with Crippen molar-refractivity contribution in [3.8, 4) is 0 Å². The number of rotatable bonds is 4. The van der Waals surface area contributed by atoms with Crippen molar-refractivity contribution in [2.45, 2.75) is 84.4 Å². The normalized spacial score (nSPS) is 45.4. The van der Waals surface area contributed by atoms with Gasteiger partial charge in [0.25, 0.3) is 0 Å². The van der Waals surface area contributed by atoms with Crippen molar-refractivity contribution >= 4 is 11.8 Å². The molecule has 206 valence electrons. The third-order valence-electron chi connectivity index (χ3n) is 11.8. The van der Waals surface area contributed by atoms with Crippen LogP contribution in [0.5, 0.6) is 0 Å². The van der Waals surface area contributed by atoms with Gasteiger partial charge in [0.05, 0.1) is 25.2 Å². The number of cyclic esters (lactones) is 1. The Balaban J connectivity index is 1.38. The van der Waals surface area contributed by atoms with Gasteiger partial charge in [-0.25, -0.2) is 4.79 Å². The molecule has 1 aromatic heterocycles. The highest BCUT2D eigenvalue weighted by Crippen LogP contribution is 2.79. The SMILES string of the molecule is CC1(C)C(=O)C=C[C@@]2(C)C1C[C@@H](OCc1ccccc1)[C@]1(C)C2CC[C@@]2(C)[C@H](c3ccoc3)OC(=O)[C@H]3O[C@]321. The molecule has 0 amide bonds. The molecule has 9 atom stereocenters. The highest BCUT2D eigenvalue weighted by atomic mass is 16.7. The first-order valence-corrected chi connectivity index (χ1v) is 14.3. The number of ether oxygens (including phenoxy) is 3. The van der Waals surface area contributed by atoms with Crippen LogP contribution in [0.2, 0.25) is 0 Å². The van der Waals surface area contributed by atoms with E-state index in [2.05, 4.69) is 52.8 Å². The van der Waals surface area contributed by atoms with Crippen LogP contribution >= 0.6 is 0 Å². The van der Waals surface area contributed by atoms with Crippen LogP contribution in [-0.4, -0.2) is 29.6 Å². The minimum absolute atomic E-state index is 0.111. The molecule has 0 N–H and O–H groups in total. The van der Waals surface area contributed by atoms with Gasteiger partial charge in [-0.2, -0.15) is 0 Å². The first kappa shape index (κ1) is 25.3. The Kier molecular flexibility index (Phi) is 5.15. The third-order valence-corrected chi connectivity index (χ3v) is 11.8. The maximum atomic E-state index is 13.5. The molecule has 0 bridgehead atoms. The summed E-state index contributed by atoms with van der Waals surface area (Å²) in [6.07, 6.45) is 8.49. The second-order valence-electron chi connectivity index (χ2n) is 13.8. The van der Waals surface area contributed by atoms with Crippen LogP contribution in [0.1, 0.15) is 71.1 Å². The molecule has 6 heteroatoms. The van der Waals surface area contributed by atoms with Crippen LogP contribution in [0.4, 0.5) is 0 Å². The highest BCUT2D eigenvalue weighted by Gasteiger charge is 2.88. The third kappa shape index (κ3) is 3.00. The van der Waals surface area contributed by atoms with Crippen LogP contribution in [0.3, 0.4) is 0 Å². The van der Waals surface area contributed by atoms with Gasteiger partial charge in [0.2, 0.25) is 0 Å². The fourth-order valence-electron chi connectivity index (χ4n) is 9.84. The first-order valence-electron chi connectivity index (χ1n) is 14.3. The van der Waals surface area contributed by atoms with Gasteiger partial charge in [0.15, 0.2) is 11.9 Å². The van der Waals surface area contributed by atoms with E-state index in [1.807, 2.05) is 30.3 Å². The van der Waals surface area contributed by atoms with Crippen LogP contribution in [-0.2, 0) is 30.4 Å². The Bertz CT molecular complexity index is 1350. The fourth-order valence-corrected chi connectivity index (χ4v) is 9.84. The summed E-state index contributed by atoms with van der Waals surface area (Å²) in [6, 6.07) is 12.1. The van der Waals surface area contributed by atoms with Gasteiger partial charge in [0.1, 0.15) is 11.7 Å². The molecule has 3 aliphatic carbocycles. The molecule has 2 aliphatic heterocycles. The minimum atomic E-state index is -0.741. The van der Waals surface area contributed by atoms with Gasteiger partial charge < -0.3 is 18.6 Å². The molecule has 4 fully saturated rings. The predicted octanol–water partition coefficient (Wildman–Crippen LogP) is 6.21. The number of benzene rings is 1. The molecule has 6 nitrogen and oxygen atoms in total. The Hall–Kier alpha value is -2.70. The fraction of sp³-hybridized carbons (Fsp3) is 0.576. The molecule has 39 heavy (non-hydrogen) atoms. The second-order valence-corrected chi connectivity index (χ2v) is 13.8. The number of ketones is 1. The summed E-state index contributed by atoms with van der Waals surface area (Å²) >= 11 is 0. The van der Waals surface area contributed by atoms with Gasteiger partial charge in [-0.3, -0.25) is 4.79 Å². The largest absolute Gasteiger partial charge is 0.472 e. The number of carbonyl (C=O) groups excluding carboxylic acids is 2. The smallest absolute Gasteiger partial charge is 0.339 e. The van der Waals surface area contributed by atoms with E-state index in [1.54, 1.807) is 12.5 Å². The lowest BCUT2D eigenvalue weighted by atomic mass is 9.35. The number of fused-ring (bicyclic) bond motifs is 3. The molecule has 1 spiro atoms. The van der Waals surface area contributed by atoms with E-state index in [0.29, 0.717) is 6.61 Å². The summed E-state index contributed by atoms with van der Waals surface area (Å²) in [5, 5.41) is 0. The Morgan fingerprint density at radius 3 is 2.46 bits per heavy atom. The van der Waals surface area contributed by atoms with Crippen LogP contribution in [0, 0.1) is 33.5 Å². The zero-order valence-corrected chi connectivity index (χ0v) is 23.4. The Morgan fingerprint density at radius 1 is 0.974 bits per heavy atom. The van der Waals surface area contributed by atoms with Crippen molar-refractivity contribution in [2.24, 2.45) is 33.5 Å². The lowest BCUT2D eigenvalue weighted by molar-refractivity contribution is -0.257. The number of esters is 1. The number of hydrogen-bond donors (Lipinski definition) is 0. The molecular formula is C33H38O6. The van der Waals surface area contributed by atoms with Crippen molar-refractivity contribution in [2.75, 3.05) is 0 Å². The summed E-state index contributed by atoms with van der Waals surface area (Å²) in [4.78, 5) is 26.7. The molecule has 7 rings (SSSR count). The number of carbonyl (C=O) groups is 2. The van der Waals surface area contributed by atoms with Gasteiger partial charge in [-0.1, -0.05) is 71.0 Å². The Morgan fingerprint density at radius 2 is 1.74 bits per heavy atom. The van der Waals surface area contributed by atoms with Crippen molar-refractivity contribution in [3.05, 3.63) is 72.2 Å². The number of epoxide rings is 1. The highest BCUT2D eigenvalue weighted by molar-refractivity contribution is 5.95. The van der Waals surface area contributed by atoms with Gasteiger partial charge in [-0.15, -0.1) is 0 Å². The van der Waals surface area contributed by atoms with E-state index in [-0.39, 0.29) is 35.1 Å². The molecule has 0 radical (unpaired) electrons. The number of allylic oxidation sites excluding steroid dienone is 2. The van der Waals surface area contributed by atoms with E-state index in [9.17, 15) is 9.59 Å². The summed E-state index contributed by atoms with van der Waals surface area (Å²) in [5.74, 6) is 0.141. The topological polar surface area (TPSA) is 78.3 Å². The van der Waals surface area contributed by atoms with E-state index in [4.69, 9.17) is 18.6 Å². The molecule has 3 heterocycles. The molecule has 5 aliphatic rings. The maximum absolute atomic E-state index is 13.5. The maximum Gasteiger partial charge on any atom is 0.339 e. The van der Waals surface area contributed by atoms with Crippen LogP contribution in [0.25, 0.3) is 0 Å². The van der Waals surface area contributed by atoms with E-state index >= 15 is 0 Å². The molecule has 2 saturated heterocycles. The van der Waals surface area contributed by atoms with Crippen molar-refractivity contribution in [1.29, 1.82) is 0 Å². The molecule has 2 unspecified atom stereocenters. The summed E-state index contributed by atoms with van der Waals surface area (Å²) in [6.45, 7) is 11.5. The van der Waals surface area contributed by atoms with E-state index < -0.39 is 34.1 Å². The first-order chi connectivity index (χ1) is 18.5. The zero-order valence-electron chi connectivity index (χ0n) is 23.4. The van der Waals surface area contributed by atoms with Crippen LogP contribution in [0.15, 0.2) is 65.5 Å². The summed E-state index contributed by atoms with van der Waals surface area (Å²) in [5.41, 5.74) is -0.464. The van der Waals surface area contributed by atoms with Gasteiger partial charge in [-0.05, 0) is 54.2 Å². The summed E-state index contributed by atoms with van der Waals surface area (Å²) in [7, 11) is 0. The molecule has 2 aromatic rings. The zero-order chi connectivity index (χ0) is 27.4. The van der Waals surface area contributed by atoms with Crippen molar-refractivity contribution < 1.29 is 28.2 Å². The van der Waals surface area contributed by atoms with E-state index in [0.717, 1.165) is 30.4 Å². The minimum Gasteiger partial charge on any atom is -0.472 e. The molecular weight excluding hydrogens is 492 g/mol. The monoisotopic (exact) mass is 530 g/mol. The standard InChI is InChI=1S/C33H38O6/c1-29(2)23-17-25(37-18-20-9-7-6-8-10-20)32(5)22(30(23,3)14-12-24(29)34)11-15-31(4)26(21-13-16-36-19-21)38-28(35)27-33(31,32)39-27/h6-10,12-14,16,19,22-23,25-27H,11,15,17-18H2,1-5H3/t22?,23?,25-,26+,27-,30-,31+,32+,33-/m1/s1. The second kappa shape index (κ2) is 7.94. The van der Waals surface area contributed by atoms with Crippen molar-refractivity contribution in [1.82, 2.24) is 0 Å². The predicted molar refractivity (Wildman–Crippen MR) is 143 cm³/mol. The van der Waals surface area contributed by atoms with E-state index in [1.165, 1.54) is 0 Å². The van der Waals surface area contributed by atoms with Crippen molar-refractivity contribution in [3.63, 3.8) is 0 Å². The average Bonchev–Trinajstić information content (AvgIpc) is 3.48. The molecule has 1 aromatic carbocycles. The van der Waals surface area contributed by atoms with Gasteiger partial charge in [0, 0.05) is 21.8 Å². The Labute approximate surface area is 230 Å². The number of hydrogen-bond acceptors (Lipinski definition) is 6. The lowest BCUT2D eigenvalue weighted by Crippen LogP contribution is -2.72. The number of furan rings is 1.